The van der Waals surface area contributed by atoms with Gasteiger partial charge in [0.05, 0.1) is 16.0 Å². The van der Waals surface area contributed by atoms with Gasteiger partial charge in [-0.3, -0.25) is 9.59 Å². The highest BCUT2D eigenvalue weighted by molar-refractivity contribution is 7.90. The van der Waals surface area contributed by atoms with Crippen LogP contribution in [-0.4, -0.2) is 43.3 Å². The van der Waals surface area contributed by atoms with E-state index in [0.717, 1.165) is 27.0 Å². The van der Waals surface area contributed by atoms with Crippen LogP contribution >= 0.6 is 11.3 Å². The number of sulfone groups is 1. The maximum atomic E-state index is 12.5. The molecule has 0 radical (unpaired) electrons. The van der Waals surface area contributed by atoms with Gasteiger partial charge in [0, 0.05) is 24.4 Å². The number of carbonyl (C=O) groups excluding carboxylic acids is 2. The Balaban J connectivity index is 1.72. The van der Waals surface area contributed by atoms with E-state index in [-0.39, 0.29) is 12.2 Å². The maximum Gasteiger partial charge on any atom is 0.246 e. The van der Waals surface area contributed by atoms with Gasteiger partial charge in [0.1, 0.15) is 20.9 Å². The Labute approximate surface area is 179 Å². The summed E-state index contributed by atoms with van der Waals surface area (Å²) in [5.74, 6) is -1.05. The van der Waals surface area contributed by atoms with Crippen LogP contribution in [0.3, 0.4) is 0 Å². The second kappa shape index (κ2) is 8.93. The third-order valence-corrected chi connectivity index (χ3v) is 6.46. The smallest absolute Gasteiger partial charge is 0.246 e. The highest BCUT2D eigenvalue weighted by atomic mass is 32.2. The Hall–Kier alpha value is -2.78. The van der Waals surface area contributed by atoms with Gasteiger partial charge in [0.2, 0.25) is 11.8 Å². The van der Waals surface area contributed by atoms with Crippen molar-refractivity contribution < 1.29 is 18.0 Å². The number of aryl methyl sites for hydroxylation is 1. The zero-order valence-electron chi connectivity index (χ0n) is 16.9. The summed E-state index contributed by atoms with van der Waals surface area (Å²) in [5.41, 5.74) is 3.61. The van der Waals surface area contributed by atoms with Crippen molar-refractivity contribution >= 4 is 48.9 Å². The van der Waals surface area contributed by atoms with E-state index < -0.39 is 27.7 Å². The van der Waals surface area contributed by atoms with Crippen molar-refractivity contribution in [2.24, 2.45) is 0 Å². The molecule has 1 aromatic heterocycles. The number of hydrogen-bond donors (Lipinski definition) is 2. The number of amides is 2. The predicted octanol–water partition coefficient (Wildman–Crippen LogP) is 3.15. The minimum atomic E-state index is -3.25. The third-order valence-electron chi connectivity index (χ3n) is 4.41. The Morgan fingerprint density at radius 1 is 1.13 bits per heavy atom. The van der Waals surface area contributed by atoms with Gasteiger partial charge >= 0.3 is 0 Å². The molecule has 2 aromatic carbocycles. The van der Waals surface area contributed by atoms with Gasteiger partial charge in [-0.15, -0.1) is 11.3 Å². The highest BCUT2D eigenvalue weighted by Crippen LogP contribution is 2.31. The summed E-state index contributed by atoms with van der Waals surface area (Å²) < 4.78 is 23.9. The molecule has 2 amide bonds. The molecule has 0 bridgehead atoms. The van der Waals surface area contributed by atoms with Crippen LogP contribution in [0.25, 0.3) is 20.8 Å². The lowest BCUT2D eigenvalue weighted by atomic mass is 10.1. The van der Waals surface area contributed by atoms with Crippen molar-refractivity contribution in [3.8, 4) is 10.6 Å². The lowest BCUT2D eigenvalue weighted by Crippen LogP contribution is -2.43. The maximum absolute atomic E-state index is 12.5. The van der Waals surface area contributed by atoms with Crippen molar-refractivity contribution in [3.05, 3.63) is 48.0 Å². The van der Waals surface area contributed by atoms with E-state index in [0.29, 0.717) is 5.69 Å². The number of anilines is 1. The molecule has 9 heteroatoms. The van der Waals surface area contributed by atoms with Crippen molar-refractivity contribution in [1.82, 2.24) is 10.3 Å². The second-order valence-corrected chi connectivity index (χ2v) is 10.5. The molecule has 0 saturated heterocycles. The number of nitrogens with zero attached hydrogens (tertiary/aromatic N) is 1. The fraction of sp³-hybridized carbons (Fsp3) is 0.286. The number of hydrogen-bond acceptors (Lipinski definition) is 6. The zero-order valence-corrected chi connectivity index (χ0v) is 18.6. The number of fused-ring (bicyclic) bond motifs is 1. The molecule has 0 unspecified atom stereocenters. The number of aromatic nitrogens is 1. The molecule has 7 nitrogen and oxygen atoms in total. The minimum absolute atomic E-state index is 0.00739. The number of thiazole rings is 1. The summed E-state index contributed by atoms with van der Waals surface area (Å²) in [4.78, 5) is 28.6. The van der Waals surface area contributed by atoms with E-state index in [1.54, 1.807) is 23.5 Å². The fourth-order valence-corrected chi connectivity index (χ4v) is 4.66. The van der Waals surface area contributed by atoms with Gasteiger partial charge in [-0.2, -0.15) is 0 Å². The van der Waals surface area contributed by atoms with E-state index in [9.17, 15) is 18.0 Å². The molecule has 3 aromatic rings. The Morgan fingerprint density at radius 2 is 1.83 bits per heavy atom. The van der Waals surface area contributed by atoms with E-state index in [1.807, 2.05) is 31.2 Å². The van der Waals surface area contributed by atoms with Crippen molar-refractivity contribution in [3.63, 3.8) is 0 Å². The molecule has 0 aliphatic heterocycles. The van der Waals surface area contributed by atoms with Gasteiger partial charge in [-0.05, 0) is 55.3 Å². The Bertz CT molecular complexity index is 1180. The van der Waals surface area contributed by atoms with Crippen LogP contribution in [0.5, 0.6) is 0 Å². The first-order valence-electron chi connectivity index (χ1n) is 9.34. The first-order chi connectivity index (χ1) is 14.1. The van der Waals surface area contributed by atoms with Crippen LogP contribution in [0.4, 0.5) is 5.69 Å². The van der Waals surface area contributed by atoms with Crippen molar-refractivity contribution in [2.75, 3.05) is 17.3 Å². The van der Waals surface area contributed by atoms with Gasteiger partial charge in [0.25, 0.3) is 0 Å². The molecule has 158 valence electrons. The van der Waals surface area contributed by atoms with Crippen LogP contribution in [0, 0.1) is 6.92 Å². The molecule has 0 aliphatic carbocycles. The van der Waals surface area contributed by atoms with Crippen molar-refractivity contribution in [1.29, 1.82) is 0 Å². The molecular formula is C21H23N3O4S2. The van der Waals surface area contributed by atoms with E-state index >= 15 is 0 Å². The number of benzene rings is 2. The monoisotopic (exact) mass is 445 g/mol. The van der Waals surface area contributed by atoms with E-state index in [1.165, 1.54) is 12.5 Å². The summed E-state index contributed by atoms with van der Waals surface area (Å²) in [6.45, 7) is 3.33. The highest BCUT2D eigenvalue weighted by Gasteiger charge is 2.21. The molecule has 0 spiro atoms. The first-order valence-corrected chi connectivity index (χ1v) is 12.2. The average molecular weight is 446 g/mol. The summed E-state index contributed by atoms with van der Waals surface area (Å²) in [6, 6.07) is 12.4. The zero-order chi connectivity index (χ0) is 21.9. The molecular weight excluding hydrogens is 422 g/mol. The average Bonchev–Trinajstić information content (AvgIpc) is 3.07. The predicted molar refractivity (Wildman–Crippen MR) is 120 cm³/mol. The van der Waals surface area contributed by atoms with Gasteiger partial charge < -0.3 is 10.6 Å². The fourth-order valence-electron chi connectivity index (χ4n) is 2.93. The summed E-state index contributed by atoms with van der Waals surface area (Å²) in [5, 5.41) is 6.12. The Kier molecular flexibility index (Phi) is 6.52. The lowest BCUT2D eigenvalue weighted by Gasteiger charge is -2.17. The van der Waals surface area contributed by atoms with E-state index in [4.69, 9.17) is 0 Å². The molecule has 0 saturated carbocycles. The van der Waals surface area contributed by atoms with E-state index in [2.05, 4.69) is 21.7 Å². The minimum Gasteiger partial charge on any atom is -0.345 e. The molecule has 30 heavy (non-hydrogen) atoms. The first kappa shape index (κ1) is 21.9. The standard InChI is InChI=1S/C21H23N3O4S2/c1-13-4-9-17-19(12-13)29-21(24-17)15-5-7-16(8-6-15)23-20(26)18(22-14(2)25)10-11-30(3,27)28/h4-9,12,18H,10-11H2,1-3H3,(H,22,25)(H,23,26)/t18-/m1/s1. The summed E-state index contributed by atoms with van der Waals surface area (Å²) in [6.07, 6.45) is 1.10. The molecule has 1 heterocycles. The van der Waals surface area contributed by atoms with Crippen LogP contribution in [0.1, 0.15) is 18.9 Å². The topological polar surface area (TPSA) is 105 Å². The number of carbonyl (C=O) groups is 2. The summed E-state index contributed by atoms with van der Waals surface area (Å²) >= 11 is 1.60. The molecule has 3 rings (SSSR count). The van der Waals surface area contributed by atoms with Gasteiger partial charge in [-0.1, -0.05) is 6.07 Å². The third kappa shape index (κ3) is 5.87. The number of nitrogens with one attached hydrogen (secondary N) is 2. The van der Waals surface area contributed by atoms with Gasteiger partial charge in [-0.25, -0.2) is 13.4 Å². The molecule has 0 fully saturated rings. The normalized spacial score (nSPS) is 12.5. The Morgan fingerprint density at radius 3 is 2.47 bits per heavy atom. The molecule has 0 aliphatic rings. The molecule has 2 N–H and O–H groups in total. The second-order valence-electron chi connectivity index (χ2n) is 7.23. The van der Waals surface area contributed by atoms with Gasteiger partial charge in [0.15, 0.2) is 0 Å². The lowest BCUT2D eigenvalue weighted by molar-refractivity contribution is -0.125. The van der Waals surface area contributed by atoms with Crippen LogP contribution in [0.15, 0.2) is 42.5 Å². The summed E-state index contributed by atoms with van der Waals surface area (Å²) in [7, 11) is -3.25. The van der Waals surface area contributed by atoms with Crippen LogP contribution < -0.4 is 10.6 Å². The van der Waals surface area contributed by atoms with Crippen LogP contribution in [-0.2, 0) is 19.4 Å². The van der Waals surface area contributed by atoms with Crippen molar-refractivity contribution in [2.45, 2.75) is 26.3 Å². The quantitative estimate of drug-likeness (QED) is 0.581. The van der Waals surface area contributed by atoms with Crippen LogP contribution in [0.2, 0.25) is 0 Å². The SMILES string of the molecule is CC(=O)N[C@H](CCS(C)(=O)=O)C(=O)Nc1ccc(-c2nc3ccc(C)cc3s2)cc1. The number of rotatable bonds is 7. The largest absolute Gasteiger partial charge is 0.345 e. The molecule has 1 atom stereocenters.